The molecule has 3 aromatic carbocycles. The Morgan fingerprint density at radius 2 is 1.69 bits per heavy atom. The Kier molecular flexibility index (Phi) is 7.20. The summed E-state index contributed by atoms with van der Waals surface area (Å²) >= 11 is 0. The van der Waals surface area contributed by atoms with Crippen LogP contribution in [0, 0.1) is 0 Å². The van der Waals surface area contributed by atoms with Crippen LogP contribution in [0.25, 0.3) is 0 Å². The van der Waals surface area contributed by atoms with E-state index in [9.17, 15) is 13.2 Å². The van der Waals surface area contributed by atoms with E-state index in [4.69, 9.17) is 4.74 Å². The van der Waals surface area contributed by atoms with Crippen LogP contribution in [0.1, 0.15) is 34.0 Å². The Bertz CT molecular complexity index is 1320. The maximum Gasteiger partial charge on any atom is 0.255 e. The Morgan fingerprint density at radius 1 is 0.972 bits per heavy atom. The number of hydrogen-bond donors (Lipinski definition) is 1. The number of rotatable bonds is 6. The molecule has 188 valence electrons. The van der Waals surface area contributed by atoms with Gasteiger partial charge >= 0.3 is 0 Å². The molecule has 0 aromatic heterocycles. The van der Waals surface area contributed by atoms with Crippen molar-refractivity contribution in [1.29, 1.82) is 0 Å². The number of nitrogens with one attached hydrogen (secondary N) is 1. The van der Waals surface area contributed by atoms with E-state index in [0.29, 0.717) is 31.0 Å². The van der Waals surface area contributed by atoms with E-state index in [-0.39, 0.29) is 16.8 Å². The molecule has 1 atom stereocenters. The fraction of sp³-hybridized carbons (Fsp3) is 0.321. The minimum atomic E-state index is -3.61. The monoisotopic (exact) mass is 505 g/mol. The van der Waals surface area contributed by atoms with Crippen molar-refractivity contribution >= 4 is 21.6 Å². The van der Waals surface area contributed by atoms with E-state index in [1.54, 1.807) is 12.1 Å². The second kappa shape index (κ2) is 10.5. The van der Waals surface area contributed by atoms with Gasteiger partial charge < -0.3 is 10.1 Å². The third-order valence-electron chi connectivity index (χ3n) is 6.86. The second-order valence-electron chi connectivity index (χ2n) is 9.44. The van der Waals surface area contributed by atoms with Crippen molar-refractivity contribution < 1.29 is 17.9 Å². The third-order valence-corrected chi connectivity index (χ3v) is 8.89. The van der Waals surface area contributed by atoms with E-state index in [2.05, 4.69) is 34.5 Å². The number of amides is 1. The van der Waals surface area contributed by atoms with Crippen LogP contribution in [0.3, 0.4) is 0 Å². The summed E-state index contributed by atoms with van der Waals surface area (Å²) in [4.78, 5) is 15.4. The summed E-state index contributed by atoms with van der Waals surface area (Å²) in [5.74, 6) is -0.231. The van der Waals surface area contributed by atoms with Gasteiger partial charge in [-0.3, -0.25) is 9.69 Å². The number of nitrogens with zero attached hydrogens (tertiary/aromatic N) is 2. The summed E-state index contributed by atoms with van der Waals surface area (Å²) in [6.45, 7) is 5.75. The van der Waals surface area contributed by atoms with Gasteiger partial charge in [0.25, 0.3) is 5.91 Å². The normalized spacial score (nSPS) is 19.0. The molecule has 0 radical (unpaired) electrons. The molecule has 0 spiro atoms. The van der Waals surface area contributed by atoms with E-state index >= 15 is 0 Å². The first kappa shape index (κ1) is 24.6. The van der Waals surface area contributed by atoms with E-state index in [1.165, 1.54) is 27.6 Å². The molecular formula is C28H31N3O4S. The number of anilines is 1. The summed E-state index contributed by atoms with van der Waals surface area (Å²) in [5, 5.41) is 2.86. The van der Waals surface area contributed by atoms with Crippen molar-refractivity contribution in [2.24, 2.45) is 0 Å². The molecule has 1 amide bonds. The predicted molar refractivity (Wildman–Crippen MR) is 139 cm³/mol. The van der Waals surface area contributed by atoms with Gasteiger partial charge in [0.05, 0.1) is 18.1 Å². The molecule has 3 aromatic rings. The Hall–Kier alpha value is -3.04. The number of carbonyl (C=O) groups is 1. The quantitative estimate of drug-likeness (QED) is 0.550. The van der Waals surface area contributed by atoms with Crippen LogP contribution in [-0.2, 0) is 34.3 Å². The van der Waals surface area contributed by atoms with Gasteiger partial charge in [0.1, 0.15) is 0 Å². The standard InChI is InChI=1S/C28H31N3O4S/c1-21-20-35-17-16-31(21)36(33,34)27-12-10-26(11-13-27)29-28(32)24-8-6-22(7-9-24)18-30-15-14-23-4-2-3-5-25(23)19-30/h2-13,21H,14-20H2,1H3,(H,29,32). The SMILES string of the molecule is CC1COCCN1S(=O)(=O)c1ccc(NC(=O)c2ccc(CN3CCc4ccccc4C3)cc2)cc1. The average Bonchev–Trinajstić information content (AvgIpc) is 2.89. The molecule has 7 nitrogen and oxygen atoms in total. The molecule has 8 heteroatoms. The van der Waals surface area contributed by atoms with Crippen molar-refractivity contribution in [3.05, 3.63) is 95.1 Å². The van der Waals surface area contributed by atoms with Crippen molar-refractivity contribution in [3.8, 4) is 0 Å². The first-order valence-corrected chi connectivity index (χ1v) is 13.7. The first-order chi connectivity index (χ1) is 17.4. The third kappa shape index (κ3) is 5.37. The molecule has 0 aliphatic carbocycles. The maximum atomic E-state index is 13.0. The lowest BCUT2D eigenvalue weighted by Crippen LogP contribution is -2.46. The number of sulfonamides is 1. The van der Waals surface area contributed by atoms with Gasteiger partial charge in [-0.15, -0.1) is 0 Å². The average molecular weight is 506 g/mol. The maximum absolute atomic E-state index is 13.0. The van der Waals surface area contributed by atoms with Crippen LogP contribution in [0.15, 0.2) is 77.7 Å². The zero-order chi connectivity index (χ0) is 25.1. The van der Waals surface area contributed by atoms with Crippen molar-refractivity contribution in [3.63, 3.8) is 0 Å². The summed E-state index contributed by atoms with van der Waals surface area (Å²) in [6, 6.07) is 22.4. The van der Waals surface area contributed by atoms with Gasteiger partial charge in [0.2, 0.25) is 10.0 Å². The summed E-state index contributed by atoms with van der Waals surface area (Å²) in [5.41, 5.74) is 5.09. The topological polar surface area (TPSA) is 79.0 Å². The van der Waals surface area contributed by atoms with Crippen LogP contribution in [0.5, 0.6) is 0 Å². The van der Waals surface area contributed by atoms with Crippen LogP contribution in [0.2, 0.25) is 0 Å². The van der Waals surface area contributed by atoms with Crippen LogP contribution in [-0.4, -0.2) is 55.9 Å². The number of hydrogen-bond acceptors (Lipinski definition) is 5. The molecule has 1 N–H and O–H groups in total. The highest BCUT2D eigenvalue weighted by Crippen LogP contribution is 2.23. The molecule has 1 saturated heterocycles. The minimum absolute atomic E-state index is 0.207. The summed E-state index contributed by atoms with van der Waals surface area (Å²) in [6.07, 6.45) is 1.06. The van der Waals surface area contributed by atoms with Crippen molar-refractivity contribution in [2.75, 3.05) is 31.6 Å². The second-order valence-corrected chi connectivity index (χ2v) is 11.3. The largest absolute Gasteiger partial charge is 0.378 e. The van der Waals surface area contributed by atoms with E-state index < -0.39 is 10.0 Å². The molecule has 2 aliphatic heterocycles. The summed E-state index contributed by atoms with van der Waals surface area (Å²) in [7, 11) is -3.61. The molecule has 0 saturated carbocycles. The first-order valence-electron chi connectivity index (χ1n) is 12.3. The molecule has 0 bridgehead atoms. The lowest BCUT2D eigenvalue weighted by molar-refractivity contribution is 0.0393. The van der Waals surface area contributed by atoms with Gasteiger partial charge in [0, 0.05) is 43.5 Å². The van der Waals surface area contributed by atoms with Gasteiger partial charge in [0.15, 0.2) is 0 Å². The Balaban J connectivity index is 1.19. The zero-order valence-electron chi connectivity index (χ0n) is 20.4. The fourth-order valence-corrected chi connectivity index (χ4v) is 6.43. The van der Waals surface area contributed by atoms with E-state index in [0.717, 1.165) is 31.6 Å². The number of morpholine rings is 1. The lowest BCUT2D eigenvalue weighted by Gasteiger charge is -2.32. The van der Waals surface area contributed by atoms with Gasteiger partial charge in [-0.25, -0.2) is 8.42 Å². The highest BCUT2D eigenvalue weighted by atomic mass is 32.2. The minimum Gasteiger partial charge on any atom is -0.378 e. The molecule has 1 fully saturated rings. The van der Waals surface area contributed by atoms with Gasteiger partial charge in [-0.05, 0) is 66.4 Å². The van der Waals surface area contributed by atoms with Crippen molar-refractivity contribution in [2.45, 2.75) is 37.4 Å². The Morgan fingerprint density at radius 3 is 2.42 bits per heavy atom. The van der Waals surface area contributed by atoms with E-state index in [1.807, 2.05) is 31.2 Å². The van der Waals surface area contributed by atoms with Crippen molar-refractivity contribution in [1.82, 2.24) is 9.21 Å². The fourth-order valence-electron chi connectivity index (χ4n) is 4.83. The number of carbonyl (C=O) groups excluding carboxylic acids is 1. The smallest absolute Gasteiger partial charge is 0.255 e. The molecule has 2 heterocycles. The van der Waals surface area contributed by atoms with Crippen LogP contribution >= 0.6 is 0 Å². The molecular weight excluding hydrogens is 474 g/mol. The zero-order valence-corrected chi connectivity index (χ0v) is 21.2. The number of ether oxygens (including phenoxy) is 1. The van der Waals surface area contributed by atoms with Crippen LogP contribution in [0.4, 0.5) is 5.69 Å². The number of fused-ring (bicyclic) bond motifs is 1. The summed E-state index contributed by atoms with van der Waals surface area (Å²) < 4.78 is 32.8. The molecule has 2 aliphatic rings. The molecule has 36 heavy (non-hydrogen) atoms. The molecule has 1 unspecified atom stereocenters. The van der Waals surface area contributed by atoms with Gasteiger partial charge in [-0.1, -0.05) is 36.4 Å². The predicted octanol–water partition coefficient (Wildman–Crippen LogP) is 3.91. The Labute approximate surface area is 212 Å². The highest BCUT2D eigenvalue weighted by molar-refractivity contribution is 7.89. The lowest BCUT2D eigenvalue weighted by atomic mass is 9.99. The van der Waals surface area contributed by atoms with Crippen LogP contribution < -0.4 is 5.32 Å². The van der Waals surface area contributed by atoms with Gasteiger partial charge in [-0.2, -0.15) is 4.31 Å². The molecule has 5 rings (SSSR count). The number of benzene rings is 3. The highest BCUT2D eigenvalue weighted by Gasteiger charge is 2.31.